The molecular formula is C9H4ClNO3. The standard InChI is InChI=1S/C9H4ClNO3/c10-8(13)9-11-6-3-5(4-12)1-2-7(6)14-9/h1-4H. The molecule has 1 heterocycles. The molecule has 0 fully saturated rings. The third-order valence-corrected chi connectivity index (χ3v) is 1.88. The van der Waals surface area contributed by atoms with Crippen LogP contribution >= 0.6 is 11.6 Å². The molecule has 2 rings (SSSR count). The predicted octanol–water partition coefficient (Wildman–Crippen LogP) is 2.02. The van der Waals surface area contributed by atoms with Crippen molar-refractivity contribution in [3.63, 3.8) is 0 Å². The summed E-state index contributed by atoms with van der Waals surface area (Å²) < 4.78 is 5.02. The number of carbonyl (C=O) groups is 2. The van der Waals surface area contributed by atoms with Gasteiger partial charge in [0.05, 0.1) is 0 Å². The molecule has 0 radical (unpaired) electrons. The molecule has 0 saturated heterocycles. The Bertz CT molecular complexity index is 518. The van der Waals surface area contributed by atoms with E-state index in [1.807, 2.05) is 0 Å². The van der Waals surface area contributed by atoms with Crippen molar-refractivity contribution < 1.29 is 14.0 Å². The van der Waals surface area contributed by atoms with E-state index >= 15 is 0 Å². The van der Waals surface area contributed by atoms with Gasteiger partial charge in [0, 0.05) is 5.56 Å². The first-order valence-electron chi connectivity index (χ1n) is 3.76. The van der Waals surface area contributed by atoms with Crippen LogP contribution in [-0.2, 0) is 0 Å². The van der Waals surface area contributed by atoms with Gasteiger partial charge in [-0.25, -0.2) is 4.98 Å². The van der Waals surface area contributed by atoms with Crippen LogP contribution in [0, 0.1) is 0 Å². The second-order valence-electron chi connectivity index (χ2n) is 2.64. The zero-order chi connectivity index (χ0) is 10.1. The molecule has 0 saturated carbocycles. The van der Waals surface area contributed by atoms with Crippen LogP contribution in [0.1, 0.15) is 21.0 Å². The minimum atomic E-state index is -0.756. The normalized spacial score (nSPS) is 10.4. The minimum Gasteiger partial charge on any atom is -0.433 e. The minimum absolute atomic E-state index is 0.162. The maximum absolute atomic E-state index is 10.7. The second-order valence-corrected chi connectivity index (χ2v) is 2.98. The molecule has 0 unspecified atom stereocenters. The number of aromatic nitrogens is 1. The lowest BCUT2D eigenvalue weighted by Crippen LogP contribution is -1.86. The first-order valence-corrected chi connectivity index (χ1v) is 4.14. The summed E-state index contributed by atoms with van der Waals surface area (Å²) in [5.74, 6) is -0.162. The van der Waals surface area contributed by atoms with E-state index in [0.717, 1.165) is 0 Å². The van der Waals surface area contributed by atoms with Crippen molar-refractivity contribution in [3.05, 3.63) is 29.7 Å². The molecule has 0 bridgehead atoms. The van der Waals surface area contributed by atoms with Crippen molar-refractivity contribution in [3.8, 4) is 0 Å². The fraction of sp³-hybridized carbons (Fsp3) is 0. The average Bonchev–Trinajstić information content (AvgIpc) is 2.59. The lowest BCUT2D eigenvalue weighted by Gasteiger charge is -1.86. The molecule has 2 aromatic rings. The third kappa shape index (κ3) is 1.40. The molecule has 0 spiro atoms. The molecule has 0 aliphatic carbocycles. The van der Waals surface area contributed by atoms with E-state index in [1.165, 1.54) is 6.07 Å². The Labute approximate surface area is 83.5 Å². The van der Waals surface area contributed by atoms with Gasteiger partial charge in [0.1, 0.15) is 11.8 Å². The van der Waals surface area contributed by atoms with Gasteiger partial charge in [0.15, 0.2) is 5.58 Å². The number of carbonyl (C=O) groups excluding carboxylic acids is 2. The van der Waals surface area contributed by atoms with Gasteiger partial charge in [-0.3, -0.25) is 9.59 Å². The van der Waals surface area contributed by atoms with E-state index in [4.69, 9.17) is 16.0 Å². The van der Waals surface area contributed by atoms with Crippen molar-refractivity contribution in [1.29, 1.82) is 0 Å². The van der Waals surface area contributed by atoms with Gasteiger partial charge < -0.3 is 4.42 Å². The van der Waals surface area contributed by atoms with Gasteiger partial charge in [-0.1, -0.05) is 0 Å². The van der Waals surface area contributed by atoms with Gasteiger partial charge in [-0.2, -0.15) is 0 Å². The van der Waals surface area contributed by atoms with Crippen LogP contribution in [0.2, 0.25) is 0 Å². The van der Waals surface area contributed by atoms with Gasteiger partial charge in [0.2, 0.25) is 0 Å². The molecule has 0 atom stereocenters. The van der Waals surface area contributed by atoms with E-state index in [9.17, 15) is 9.59 Å². The highest BCUT2D eigenvalue weighted by atomic mass is 35.5. The summed E-state index contributed by atoms with van der Waals surface area (Å²) in [7, 11) is 0. The highest BCUT2D eigenvalue weighted by Crippen LogP contribution is 2.17. The number of nitrogens with zero attached hydrogens (tertiary/aromatic N) is 1. The van der Waals surface area contributed by atoms with E-state index in [1.54, 1.807) is 12.1 Å². The monoisotopic (exact) mass is 209 g/mol. The van der Waals surface area contributed by atoms with Crippen LogP contribution in [0.4, 0.5) is 0 Å². The third-order valence-electron chi connectivity index (χ3n) is 1.72. The van der Waals surface area contributed by atoms with Crippen LogP contribution in [0.15, 0.2) is 22.6 Å². The fourth-order valence-corrected chi connectivity index (χ4v) is 1.18. The maximum Gasteiger partial charge on any atom is 0.307 e. The highest BCUT2D eigenvalue weighted by molar-refractivity contribution is 6.67. The number of hydrogen-bond acceptors (Lipinski definition) is 4. The summed E-state index contributed by atoms with van der Waals surface area (Å²) in [6, 6.07) is 4.66. The van der Waals surface area contributed by atoms with Gasteiger partial charge >= 0.3 is 5.24 Å². The van der Waals surface area contributed by atoms with Crippen molar-refractivity contribution in [2.24, 2.45) is 0 Å². The lowest BCUT2D eigenvalue weighted by atomic mass is 10.2. The molecule has 0 aliphatic rings. The molecule has 1 aromatic carbocycles. The maximum atomic E-state index is 10.7. The fourth-order valence-electron chi connectivity index (χ4n) is 1.10. The zero-order valence-corrected chi connectivity index (χ0v) is 7.62. The number of rotatable bonds is 2. The average molecular weight is 210 g/mol. The van der Waals surface area contributed by atoms with E-state index < -0.39 is 5.24 Å². The van der Waals surface area contributed by atoms with E-state index in [0.29, 0.717) is 22.9 Å². The topological polar surface area (TPSA) is 60.2 Å². The molecule has 0 N–H and O–H groups in total. The summed E-state index contributed by atoms with van der Waals surface area (Å²) in [4.78, 5) is 25.0. The zero-order valence-electron chi connectivity index (χ0n) is 6.86. The van der Waals surface area contributed by atoms with Crippen molar-refractivity contribution in [1.82, 2.24) is 4.98 Å². The summed E-state index contributed by atoms with van der Waals surface area (Å²) >= 11 is 5.18. The highest BCUT2D eigenvalue weighted by Gasteiger charge is 2.11. The molecule has 1 aromatic heterocycles. The number of benzene rings is 1. The van der Waals surface area contributed by atoms with E-state index in [-0.39, 0.29) is 5.89 Å². The molecular weight excluding hydrogens is 206 g/mol. The lowest BCUT2D eigenvalue weighted by molar-refractivity contribution is 0.105. The van der Waals surface area contributed by atoms with E-state index in [2.05, 4.69) is 4.98 Å². The number of oxazole rings is 1. The van der Waals surface area contributed by atoms with Gasteiger partial charge in [0.25, 0.3) is 5.89 Å². The number of hydrogen-bond donors (Lipinski definition) is 0. The van der Waals surface area contributed by atoms with Gasteiger partial charge in [-0.15, -0.1) is 0 Å². The van der Waals surface area contributed by atoms with Crippen LogP contribution in [-0.4, -0.2) is 16.5 Å². The van der Waals surface area contributed by atoms with Crippen LogP contribution in [0.5, 0.6) is 0 Å². The van der Waals surface area contributed by atoms with Crippen molar-refractivity contribution in [2.45, 2.75) is 0 Å². The quantitative estimate of drug-likeness (QED) is 0.561. The predicted molar refractivity (Wildman–Crippen MR) is 49.6 cm³/mol. The van der Waals surface area contributed by atoms with Crippen molar-refractivity contribution >= 4 is 34.2 Å². The molecule has 4 nitrogen and oxygen atoms in total. The Morgan fingerprint density at radius 2 is 2.29 bits per heavy atom. The number of fused-ring (bicyclic) bond motifs is 1. The number of halogens is 1. The summed E-state index contributed by atoms with van der Waals surface area (Å²) in [6.45, 7) is 0. The molecule has 14 heavy (non-hydrogen) atoms. The molecule has 0 aliphatic heterocycles. The Kier molecular flexibility index (Phi) is 2.05. The largest absolute Gasteiger partial charge is 0.433 e. The Balaban J connectivity index is 2.65. The number of aldehydes is 1. The van der Waals surface area contributed by atoms with Crippen molar-refractivity contribution in [2.75, 3.05) is 0 Å². The Morgan fingerprint density at radius 3 is 2.93 bits per heavy atom. The van der Waals surface area contributed by atoms with Crippen LogP contribution in [0.3, 0.4) is 0 Å². The Hall–Kier alpha value is -1.68. The van der Waals surface area contributed by atoms with Crippen LogP contribution < -0.4 is 0 Å². The van der Waals surface area contributed by atoms with Crippen LogP contribution in [0.25, 0.3) is 11.1 Å². The SMILES string of the molecule is O=Cc1ccc2oc(C(=O)Cl)nc2c1. The summed E-state index contributed by atoms with van der Waals surface area (Å²) in [5.41, 5.74) is 1.34. The first kappa shape index (κ1) is 8.90. The molecule has 70 valence electrons. The first-order chi connectivity index (χ1) is 6.70. The summed E-state index contributed by atoms with van der Waals surface area (Å²) in [5, 5.41) is -0.756. The summed E-state index contributed by atoms with van der Waals surface area (Å²) in [6.07, 6.45) is 0.691. The molecule has 5 heteroatoms. The Morgan fingerprint density at radius 1 is 1.50 bits per heavy atom. The smallest absolute Gasteiger partial charge is 0.307 e. The molecule has 0 amide bonds. The van der Waals surface area contributed by atoms with Gasteiger partial charge in [-0.05, 0) is 29.8 Å². The second kappa shape index (κ2) is 3.23.